The average Bonchev–Trinajstić information content (AvgIpc) is 3.49. The topological polar surface area (TPSA) is 89.3 Å². The van der Waals surface area contributed by atoms with Gasteiger partial charge in [-0.25, -0.2) is 27.9 Å². The number of benzene rings is 2. The van der Waals surface area contributed by atoms with Crippen LogP contribution in [0.25, 0.3) is 10.8 Å². The number of halogens is 2. The Morgan fingerprint density at radius 1 is 1.11 bits per heavy atom. The number of carbonyl (C=O) groups is 2. The number of hydrogen-bond donors (Lipinski definition) is 1. The lowest BCUT2D eigenvalue weighted by Crippen LogP contribution is -2.63. The van der Waals surface area contributed by atoms with Crippen LogP contribution in [0.4, 0.5) is 25.0 Å². The highest BCUT2D eigenvalue weighted by molar-refractivity contribution is 7.80. The lowest BCUT2D eigenvalue weighted by Gasteiger charge is -2.34. The van der Waals surface area contributed by atoms with Gasteiger partial charge in [0.15, 0.2) is 12.1 Å². The minimum Gasteiger partial charge on any atom is -0.340 e. The van der Waals surface area contributed by atoms with Crippen LogP contribution in [0.15, 0.2) is 48.7 Å². The minimum atomic E-state index is -0.803. The number of nitriles is 1. The molecule has 0 saturated carbocycles. The molecule has 0 radical (unpaired) electrons. The zero-order valence-electron chi connectivity index (χ0n) is 18.1. The molecule has 3 fully saturated rings. The molecule has 3 saturated heterocycles. The number of rotatable bonds is 3. The van der Waals surface area contributed by atoms with E-state index in [0.29, 0.717) is 29.5 Å². The summed E-state index contributed by atoms with van der Waals surface area (Å²) in [5, 5.41) is 13.2. The maximum absolute atomic E-state index is 14.2. The molecular formula is C24H17F2N6O2S+. The second kappa shape index (κ2) is 7.58. The first-order valence-electron chi connectivity index (χ1n) is 10.9. The Morgan fingerprint density at radius 2 is 1.83 bits per heavy atom. The molecule has 35 heavy (non-hydrogen) atoms. The predicted molar refractivity (Wildman–Crippen MR) is 126 cm³/mol. The van der Waals surface area contributed by atoms with E-state index in [1.54, 1.807) is 24.3 Å². The predicted octanol–water partition coefficient (Wildman–Crippen LogP) is 3.13. The second-order valence-electron chi connectivity index (χ2n) is 8.83. The van der Waals surface area contributed by atoms with Crippen LogP contribution in [0, 0.1) is 23.0 Å². The molecule has 3 aromatic rings. The highest BCUT2D eigenvalue weighted by Crippen LogP contribution is 2.45. The molecule has 3 aliphatic rings. The van der Waals surface area contributed by atoms with Gasteiger partial charge in [0, 0.05) is 10.8 Å². The summed E-state index contributed by atoms with van der Waals surface area (Å²) in [6.45, 7) is 1.01. The maximum atomic E-state index is 14.2. The quantitative estimate of drug-likeness (QED) is 0.342. The van der Waals surface area contributed by atoms with Gasteiger partial charge in [-0.15, -0.1) is 0 Å². The molecule has 0 aliphatic carbocycles. The van der Waals surface area contributed by atoms with E-state index in [1.807, 2.05) is 11.0 Å². The van der Waals surface area contributed by atoms with Gasteiger partial charge in [-0.1, -0.05) is 42.5 Å². The molecule has 2 aromatic carbocycles. The van der Waals surface area contributed by atoms with E-state index in [-0.39, 0.29) is 27.5 Å². The molecule has 1 N–H and O–H groups in total. The van der Waals surface area contributed by atoms with Crippen LogP contribution >= 0.6 is 12.2 Å². The van der Waals surface area contributed by atoms with Gasteiger partial charge in [-0.3, -0.25) is 4.79 Å². The maximum Gasteiger partial charge on any atom is 0.433 e. The monoisotopic (exact) mass is 491 g/mol. The first-order valence-corrected chi connectivity index (χ1v) is 11.3. The summed E-state index contributed by atoms with van der Waals surface area (Å²) < 4.78 is 28.2. The summed E-state index contributed by atoms with van der Waals surface area (Å²) in [6, 6.07) is 10.6. The van der Waals surface area contributed by atoms with Crippen molar-refractivity contribution in [2.75, 3.05) is 30.0 Å². The Labute approximate surface area is 203 Å². The van der Waals surface area contributed by atoms with E-state index in [9.17, 15) is 23.6 Å². The Kier molecular flexibility index (Phi) is 4.69. The number of carbonyl (C=O) groups excluding carboxylic acids is 2. The third kappa shape index (κ3) is 2.88. The third-order valence-corrected chi connectivity index (χ3v) is 7.47. The molecular weight excluding hydrogens is 474 g/mol. The van der Waals surface area contributed by atoms with E-state index in [1.165, 1.54) is 12.3 Å². The van der Waals surface area contributed by atoms with Crippen LogP contribution in [0.5, 0.6) is 0 Å². The van der Waals surface area contributed by atoms with Gasteiger partial charge in [0.05, 0.1) is 25.0 Å². The van der Waals surface area contributed by atoms with Crippen molar-refractivity contribution in [1.82, 2.24) is 9.88 Å². The Bertz CT molecular complexity index is 1490. The SMILES string of the molecule is N#Cc1ncc(N2C(=O)C3CN4CC(C(=S)Nc5c(F)cccc5F)[N+]3(C4)C2=O)c2ccccc12. The van der Waals surface area contributed by atoms with Crippen LogP contribution in [0.2, 0.25) is 0 Å². The second-order valence-corrected chi connectivity index (χ2v) is 9.27. The van der Waals surface area contributed by atoms with E-state index >= 15 is 0 Å². The highest BCUT2D eigenvalue weighted by Gasteiger charge is 2.73. The van der Waals surface area contributed by atoms with Gasteiger partial charge in [0.25, 0.3) is 5.91 Å². The van der Waals surface area contributed by atoms with Crippen molar-refractivity contribution < 1.29 is 22.9 Å². The number of quaternary nitrogens is 1. The Balaban J connectivity index is 1.41. The Hall–Kier alpha value is -3.85. The van der Waals surface area contributed by atoms with Crippen molar-refractivity contribution in [2.45, 2.75) is 12.1 Å². The highest BCUT2D eigenvalue weighted by atomic mass is 32.1. The number of anilines is 2. The van der Waals surface area contributed by atoms with Gasteiger partial charge in [-0.05, 0) is 12.1 Å². The molecule has 4 heterocycles. The van der Waals surface area contributed by atoms with E-state index in [2.05, 4.69) is 10.3 Å². The van der Waals surface area contributed by atoms with Crippen molar-refractivity contribution in [2.24, 2.45) is 0 Å². The lowest BCUT2D eigenvalue weighted by molar-refractivity contribution is -0.851. The van der Waals surface area contributed by atoms with Gasteiger partial charge in [0.1, 0.15) is 40.7 Å². The summed E-state index contributed by atoms with van der Waals surface area (Å²) in [7, 11) is 0. The number of imide groups is 1. The minimum absolute atomic E-state index is 0.0898. The first-order chi connectivity index (χ1) is 16.9. The number of nitrogens with zero attached hydrogens (tertiary/aromatic N) is 5. The smallest absolute Gasteiger partial charge is 0.340 e. The number of urea groups is 1. The van der Waals surface area contributed by atoms with Crippen molar-refractivity contribution in [1.29, 1.82) is 5.26 Å². The van der Waals surface area contributed by atoms with Crippen LogP contribution in [0.1, 0.15) is 5.69 Å². The first kappa shape index (κ1) is 21.7. The summed E-state index contributed by atoms with van der Waals surface area (Å²) >= 11 is 5.54. The number of piperazine rings is 1. The fourth-order valence-corrected chi connectivity index (χ4v) is 5.89. The molecule has 8 nitrogen and oxygen atoms in total. The molecule has 174 valence electrons. The molecule has 3 amide bonds. The van der Waals surface area contributed by atoms with E-state index in [0.717, 1.165) is 17.0 Å². The number of fused-ring (bicyclic) bond motifs is 2. The number of amides is 3. The normalized spacial score (nSPS) is 26.8. The van der Waals surface area contributed by atoms with Crippen LogP contribution < -0.4 is 10.2 Å². The third-order valence-electron chi connectivity index (χ3n) is 7.10. The fourth-order valence-electron chi connectivity index (χ4n) is 5.53. The summed E-state index contributed by atoms with van der Waals surface area (Å²) in [5.74, 6) is -2.00. The van der Waals surface area contributed by atoms with Gasteiger partial charge in [-0.2, -0.15) is 10.2 Å². The number of para-hydroxylation sites is 1. The molecule has 1 aromatic heterocycles. The van der Waals surface area contributed by atoms with Gasteiger partial charge >= 0.3 is 6.03 Å². The zero-order valence-corrected chi connectivity index (χ0v) is 18.9. The van der Waals surface area contributed by atoms with Crippen molar-refractivity contribution in [3.05, 3.63) is 66.0 Å². The molecule has 6 rings (SSSR count). The number of thiocarbonyl (C=S) groups is 1. The lowest BCUT2D eigenvalue weighted by atomic mass is 10.1. The zero-order chi connectivity index (χ0) is 24.5. The van der Waals surface area contributed by atoms with Gasteiger partial charge in [0.2, 0.25) is 0 Å². The van der Waals surface area contributed by atoms with Crippen molar-refractivity contribution >= 4 is 51.3 Å². The average molecular weight is 492 g/mol. The number of pyridine rings is 1. The van der Waals surface area contributed by atoms with Crippen LogP contribution in [0.3, 0.4) is 0 Å². The molecule has 4 atom stereocenters. The largest absolute Gasteiger partial charge is 0.433 e. The summed E-state index contributed by atoms with van der Waals surface area (Å²) in [5.41, 5.74) is 0.106. The molecule has 1 spiro atoms. The summed E-state index contributed by atoms with van der Waals surface area (Å²) in [4.78, 5) is 35.0. The van der Waals surface area contributed by atoms with E-state index < -0.39 is 35.7 Å². The molecule has 11 heteroatoms. The Morgan fingerprint density at radius 3 is 2.54 bits per heavy atom. The van der Waals surface area contributed by atoms with Crippen LogP contribution in [-0.4, -0.2) is 63.1 Å². The standard InChI is InChI=1S/C24H16F2N6O2S/c25-15-6-3-7-16(26)21(15)29-22(35)19-10-30-11-20-23(33)31(24(34)32(19,20)12-30)18-9-28-17(8-27)13-4-1-2-5-14(13)18/h1-7,9,19-20H,10-12H2/p+1. The molecule has 4 unspecified atom stereocenters. The van der Waals surface area contributed by atoms with Gasteiger partial charge < -0.3 is 5.32 Å². The van der Waals surface area contributed by atoms with Crippen LogP contribution in [-0.2, 0) is 4.79 Å². The molecule has 3 aliphatic heterocycles. The van der Waals surface area contributed by atoms with E-state index in [4.69, 9.17) is 12.2 Å². The number of aromatic nitrogens is 1. The molecule has 2 bridgehead atoms. The fraction of sp³-hybridized carbons (Fsp3) is 0.208. The van der Waals surface area contributed by atoms with Crippen molar-refractivity contribution in [3.63, 3.8) is 0 Å². The van der Waals surface area contributed by atoms with Crippen molar-refractivity contribution in [3.8, 4) is 6.07 Å². The number of hydrogen-bond acceptors (Lipinski definition) is 6. The number of nitrogens with one attached hydrogen (secondary N) is 1. The summed E-state index contributed by atoms with van der Waals surface area (Å²) in [6.07, 6.45) is 1.37.